The van der Waals surface area contributed by atoms with E-state index >= 15 is 0 Å². The van der Waals surface area contributed by atoms with Gasteiger partial charge in [-0.05, 0) is 29.8 Å². The highest BCUT2D eigenvalue weighted by Gasteiger charge is 2.13. The fourth-order valence-electron chi connectivity index (χ4n) is 2.42. The standard InChI is InChI=1S/C19H14Cl2N2O3S/c1-26-17(25)11-23-18-14(21)7-4-8-15(18)27-19(23)22-16(24)10-9-12-5-2-3-6-13(12)20/h2-10H,11H2,1H3/b10-9+,22-19?. The number of para-hydroxylation sites is 1. The molecule has 1 amide bonds. The molecule has 0 atom stereocenters. The first-order valence-electron chi connectivity index (χ1n) is 7.85. The minimum Gasteiger partial charge on any atom is -0.468 e. The molecule has 1 aromatic heterocycles. The van der Waals surface area contributed by atoms with E-state index in [-0.39, 0.29) is 6.54 Å². The number of esters is 1. The van der Waals surface area contributed by atoms with Crippen molar-refractivity contribution in [2.24, 2.45) is 4.99 Å². The fourth-order valence-corrected chi connectivity index (χ4v) is 4.01. The van der Waals surface area contributed by atoms with E-state index in [4.69, 9.17) is 27.9 Å². The molecule has 0 aliphatic heterocycles. The van der Waals surface area contributed by atoms with E-state index in [1.807, 2.05) is 18.2 Å². The number of methoxy groups -OCH3 is 1. The number of halogens is 2. The number of carbonyl (C=O) groups excluding carboxylic acids is 2. The molecular formula is C19H14Cl2N2O3S. The molecular weight excluding hydrogens is 407 g/mol. The lowest BCUT2D eigenvalue weighted by atomic mass is 10.2. The van der Waals surface area contributed by atoms with Gasteiger partial charge in [-0.3, -0.25) is 9.59 Å². The fraction of sp³-hybridized carbons (Fsp3) is 0.105. The minimum atomic E-state index is -0.476. The van der Waals surface area contributed by atoms with E-state index < -0.39 is 11.9 Å². The maximum atomic E-state index is 12.3. The Balaban J connectivity index is 2.03. The Labute approximate surface area is 169 Å². The first kappa shape index (κ1) is 19.4. The van der Waals surface area contributed by atoms with Gasteiger partial charge in [-0.25, -0.2) is 0 Å². The van der Waals surface area contributed by atoms with E-state index in [1.54, 1.807) is 34.9 Å². The summed E-state index contributed by atoms with van der Waals surface area (Å²) in [4.78, 5) is 28.6. The van der Waals surface area contributed by atoms with Crippen LogP contribution in [0, 0.1) is 0 Å². The van der Waals surface area contributed by atoms with Gasteiger partial charge in [-0.1, -0.05) is 58.8 Å². The van der Waals surface area contributed by atoms with Crippen LogP contribution in [0.1, 0.15) is 5.56 Å². The van der Waals surface area contributed by atoms with Gasteiger partial charge in [-0.2, -0.15) is 4.99 Å². The van der Waals surface area contributed by atoms with Gasteiger partial charge in [0.1, 0.15) is 6.54 Å². The molecule has 3 rings (SSSR count). The number of aromatic nitrogens is 1. The number of nitrogens with zero attached hydrogens (tertiary/aromatic N) is 2. The highest BCUT2D eigenvalue weighted by atomic mass is 35.5. The second-order valence-corrected chi connectivity index (χ2v) is 7.26. The zero-order chi connectivity index (χ0) is 19.4. The van der Waals surface area contributed by atoms with Gasteiger partial charge in [0.05, 0.1) is 22.3 Å². The smallest absolute Gasteiger partial charge is 0.325 e. The summed E-state index contributed by atoms with van der Waals surface area (Å²) in [6.45, 7) is -0.0967. The molecule has 0 N–H and O–H groups in total. The predicted molar refractivity (Wildman–Crippen MR) is 108 cm³/mol. The van der Waals surface area contributed by atoms with Crippen molar-refractivity contribution in [1.29, 1.82) is 0 Å². The first-order valence-corrected chi connectivity index (χ1v) is 9.43. The SMILES string of the molecule is COC(=O)Cn1c(=NC(=O)/C=C/c2ccccc2Cl)sc2cccc(Cl)c21. The van der Waals surface area contributed by atoms with Gasteiger partial charge in [0.25, 0.3) is 5.91 Å². The second-order valence-electron chi connectivity index (χ2n) is 5.44. The number of thiazole rings is 1. The summed E-state index contributed by atoms with van der Waals surface area (Å²) < 4.78 is 7.13. The Kier molecular flexibility index (Phi) is 6.11. The molecule has 0 aliphatic rings. The number of hydrogen-bond donors (Lipinski definition) is 0. The minimum absolute atomic E-state index is 0.0967. The van der Waals surface area contributed by atoms with Gasteiger partial charge < -0.3 is 9.30 Å². The normalized spacial score (nSPS) is 12.0. The Morgan fingerprint density at radius 1 is 1.15 bits per heavy atom. The summed E-state index contributed by atoms with van der Waals surface area (Å²) in [5.74, 6) is -0.939. The Bertz CT molecular complexity index is 1120. The van der Waals surface area contributed by atoms with Gasteiger partial charge in [0.15, 0.2) is 4.80 Å². The van der Waals surface area contributed by atoms with Crippen molar-refractivity contribution >= 4 is 62.7 Å². The van der Waals surface area contributed by atoms with Crippen LogP contribution in [0.2, 0.25) is 10.0 Å². The van der Waals surface area contributed by atoms with Gasteiger partial charge >= 0.3 is 5.97 Å². The highest BCUT2D eigenvalue weighted by Crippen LogP contribution is 2.25. The van der Waals surface area contributed by atoms with Gasteiger partial charge in [-0.15, -0.1) is 0 Å². The second kappa shape index (κ2) is 8.52. The van der Waals surface area contributed by atoms with Crippen LogP contribution in [0.4, 0.5) is 0 Å². The van der Waals surface area contributed by atoms with Crippen molar-refractivity contribution in [3.63, 3.8) is 0 Å². The molecule has 0 saturated carbocycles. The van der Waals surface area contributed by atoms with Crippen molar-refractivity contribution in [3.8, 4) is 0 Å². The molecule has 8 heteroatoms. The van der Waals surface area contributed by atoms with E-state index in [9.17, 15) is 9.59 Å². The highest BCUT2D eigenvalue weighted by molar-refractivity contribution is 7.16. The van der Waals surface area contributed by atoms with Crippen molar-refractivity contribution in [2.45, 2.75) is 6.54 Å². The zero-order valence-electron chi connectivity index (χ0n) is 14.2. The average molecular weight is 421 g/mol. The Morgan fingerprint density at radius 3 is 2.63 bits per heavy atom. The Hall–Kier alpha value is -2.41. The topological polar surface area (TPSA) is 60.7 Å². The first-order chi connectivity index (χ1) is 13.0. The van der Waals surface area contributed by atoms with Crippen molar-refractivity contribution in [2.75, 3.05) is 7.11 Å². The van der Waals surface area contributed by atoms with Crippen LogP contribution >= 0.6 is 34.5 Å². The maximum absolute atomic E-state index is 12.3. The number of hydrogen-bond acceptors (Lipinski definition) is 4. The molecule has 0 unspecified atom stereocenters. The predicted octanol–water partition coefficient (Wildman–Crippen LogP) is 4.32. The molecule has 138 valence electrons. The third-order valence-electron chi connectivity index (χ3n) is 3.68. The van der Waals surface area contributed by atoms with E-state index in [2.05, 4.69) is 4.99 Å². The lowest BCUT2D eigenvalue weighted by Crippen LogP contribution is -2.22. The van der Waals surface area contributed by atoms with Gasteiger partial charge in [0.2, 0.25) is 0 Å². The van der Waals surface area contributed by atoms with E-state index in [0.717, 1.165) is 4.70 Å². The monoisotopic (exact) mass is 420 g/mol. The Morgan fingerprint density at radius 2 is 1.89 bits per heavy atom. The zero-order valence-corrected chi connectivity index (χ0v) is 16.5. The molecule has 2 aromatic carbocycles. The summed E-state index contributed by atoms with van der Waals surface area (Å²) >= 11 is 13.6. The van der Waals surface area contributed by atoms with Crippen LogP contribution < -0.4 is 4.80 Å². The van der Waals surface area contributed by atoms with Crippen molar-refractivity contribution in [3.05, 3.63) is 69.0 Å². The number of benzene rings is 2. The summed E-state index contributed by atoms with van der Waals surface area (Å²) in [5.41, 5.74) is 1.35. The third-order valence-corrected chi connectivity index (χ3v) is 5.38. The van der Waals surface area contributed by atoms with Crippen molar-refractivity contribution < 1.29 is 14.3 Å². The molecule has 1 heterocycles. The maximum Gasteiger partial charge on any atom is 0.325 e. The van der Waals surface area contributed by atoms with Crippen molar-refractivity contribution in [1.82, 2.24) is 4.57 Å². The van der Waals surface area contributed by atoms with Crippen LogP contribution in [-0.4, -0.2) is 23.6 Å². The molecule has 0 saturated heterocycles. The summed E-state index contributed by atoms with van der Waals surface area (Å²) in [6, 6.07) is 12.5. The quantitative estimate of drug-likeness (QED) is 0.466. The number of fused-ring (bicyclic) bond motifs is 1. The molecule has 0 bridgehead atoms. The molecule has 27 heavy (non-hydrogen) atoms. The number of carbonyl (C=O) groups is 2. The lowest BCUT2D eigenvalue weighted by molar-refractivity contribution is -0.141. The number of rotatable bonds is 4. The van der Waals surface area contributed by atoms with Crippen LogP contribution in [0.25, 0.3) is 16.3 Å². The third kappa shape index (κ3) is 4.47. The van der Waals surface area contributed by atoms with Crippen LogP contribution in [0.5, 0.6) is 0 Å². The number of amides is 1. The van der Waals surface area contributed by atoms with E-state index in [0.29, 0.717) is 25.9 Å². The molecule has 0 spiro atoms. The van der Waals surface area contributed by atoms with E-state index in [1.165, 1.54) is 24.5 Å². The summed E-state index contributed by atoms with van der Waals surface area (Å²) in [7, 11) is 1.30. The average Bonchev–Trinajstić information content (AvgIpc) is 2.99. The molecule has 3 aromatic rings. The summed E-state index contributed by atoms with van der Waals surface area (Å²) in [5, 5.41) is 1.00. The summed E-state index contributed by atoms with van der Waals surface area (Å²) in [6.07, 6.45) is 2.93. The molecule has 0 fully saturated rings. The van der Waals surface area contributed by atoms with Crippen LogP contribution in [0.3, 0.4) is 0 Å². The van der Waals surface area contributed by atoms with Gasteiger partial charge in [0, 0.05) is 11.1 Å². The molecule has 0 aliphatic carbocycles. The van der Waals surface area contributed by atoms with Crippen LogP contribution in [0.15, 0.2) is 53.5 Å². The largest absolute Gasteiger partial charge is 0.468 e. The lowest BCUT2D eigenvalue weighted by Gasteiger charge is -2.04. The molecule has 5 nitrogen and oxygen atoms in total. The molecule has 0 radical (unpaired) electrons. The number of ether oxygens (including phenoxy) is 1. The van der Waals surface area contributed by atoms with Crippen LogP contribution in [-0.2, 0) is 20.9 Å².